The van der Waals surface area contributed by atoms with Crippen molar-refractivity contribution >= 4 is 45.8 Å². The average molecular weight is 440 g/mol. The summed E-state index contributed by atoms with van der Waals surface area (Å²) in [6.07, 6.45) is 0. The maximum absolute atomic E-state index is 13.5. The van der Waals surface area contributed by atoms with Gasteiger partial charge in [0, 0.05) is 15.7 Å². The highest BCUT2D eigenvalue weighted by Crippen LogP contribution is 2.41. The second-order valence-electron chi connectivity index (χ2n) is 6.92. The smallest absolute Gasteiger partial charge is 0.295 e. The molecule has 0 spiro atoms. The summed E-state index contributed by atoms with van der Waals surface area (Å²) in [4.78, 5) is 28.2. The van der Waals surface area contributed by atoms with Crippen LogP contribution in [0.3, 0.4) is 0 Å². The van der Waals surface area contributed by atoms with Gasteiger partial charge < -0.3 is 4.42 Å². The molecule has 3 aromatic carbocycles. The van der Waals surface area contributed by atoms with Crippen molar-refractivity contribution < 1.29 is 13.6 Å². The van der Waals surface area contributed by atoms with Gasteiger partial charge in [0.25, 0.3) is 5.91 Å². The Hall–Kier alpha value is -3.15. The van der Waals surface area contributed by atoms with Gasteiger partial charge in [-0.15, -0.1) is 0 Å². The molecule has 1 amide bonds. The van der Waals surface area contributed by atoms with Crippen LogP contribution < -0.4 is 10.3 Å². The molecule has 0 fully saturated rings. The van der Waals surface area contributed by atoms with Crippen LogP contribution in [0.15, 0.2) is 75.9 Å². The molecule has 0 N–H and O–H groups in total. The SMILES string of the molecule is O=C1c2oc3ccc(Cl)cc3c(=O)c2C(c2ccc(Cl)cc2)N1c1ccc(F)cc1. The fraction of sp³-hybridized carbons (Fsp3) is 0.0435. The zero-order valence-corrected chi connectivity index (χ0v) is 16.7. The first-order valence-electron chi connectivity index (χ1n) is 9.05. The second kappa shape index (κ2) is 6.97. The number of fused-ring (bicyclic) bond motifs is 2. The molecule has 5 rings (SSSR count). The van der Waals surface area contributed by atoms with E-state index in [-0.39, 0.29) is 27.7 Å². The first-order valence-corrected chi connectivity index (χ1v) is 9.80. The topological polar surface area (TPSA) is 50.5 Å². The molecule has 1 atom stereocenters. The zero-order chi connectivity index (χ0) is 21.0. The summed E-state index contributed by atoms with van der Waals surface area (Å²) in [6, 6.07) is 16.3. The van der Waals surface area contributed by atoms with Crippen LogP contribution >= 0.6 is 23.2 Å². The van der Waals surface area contributed by atoms with Gasteiger partial charge in [-0.2, -0.15) is 0 Å². The minimum absolute atomic E-state index is 0.0425. The van der Waals surface area contributed by atoms with Crippen LogP contribution in [0.25, 0.3) is 11.0 Å². The van der Waals surface area contributed by atoms with Gasteiger partial charge in [0.1, 0.15) is 11.4 Å². The molecule has 0 aliphatic carbocycles. The minimum Gasteiger partial charge on any atom is -0.450 e. The molecule has 1 aliphatic heterocycles. The summed E-state index contributed by atoms with van der Waals surface area (Å²) < 4.78 is 19.3. The van der Waals surface area contributed by atoms with Crippen molar-refractivity contribution in [2.24, 2.45) is 0 Å². The van der Waals surface area contributed by atoms with E-state index >= 15 is 0 Å². The average Bonchev–Trinajstić information content (AvgIpc) is 3.03. The van der Waals surface area contributed by atoms with Crippen molar-refractivity contribution in [2.45, 2.75) is 6.04 Å². The lowest BCUT2D eigenvalue weighted by Gasteiger charge is -2.25. The number of anilines is 1. The highest BCUT2D eigenvalue weighted by Gasteiger charge is 2.43. The van der Waals surface area contributed by atoms with Gasteiger partial charge in [0.05, 0.1) is 17.0 Å². The molecule has 4 aromatic rings. The van der Waals surface area contributed by atoms with Crippen molar-refractivity contribution in [2.75, 3.05) is 4.90 Å². The van der Waals surface area contributed by atoms with Crippen LogP contribution in [0.4, 0.5) is 10.1 Å². The van der Waals surface area contributed by atoms with Crippen LogP contribution in [0.1, 0.15) is 27.7 Å². The lowest BCUT2D eigenvalue weighted by atomic mass is 9.98. The van der Waals surface area contributed by atoms with Crippen LogP contribution in [-0.2, 0) is 0 Å². The number of amides is 1. The molecule has 30 heavy (non-hydrogen) atoms. The fourth-order valence-electron chi connectivity index (χ4n) is 3.77. The molecule has 0 saturated heterocycles. The van der Waals surface area contributed by atoms with Gasteiger partial charge in [-0.25, -0.2) is 4.39 Å². The number of nitrogens with zero attached hydrogens (tertiary/aromatic N) is 1. The molecule has 0 radical (unpaired) electrons. The maximum Gasteiger partial charge on any atom is 0.295 e. The number of rotatable bonds is 2. The highest BCUT2D eigenvalue weighted by molar-refractivity contribution is 6.31. The fourth-order valence-corrected chi connectivity index (χ4v) is 4.07. The molecular formula is C23H12Cl2FNO3. The maximum atomic E-state index is 13.5. The Morgan fingerprint density at radius 1 is 0.867 bits per heavy atom. The third kappa shape index (κ3) is 2.90. The molecule has 0 bridgehead atoms. The Morgan fingerprint density at radius 2 is 1.53 bits per heavy atom. The molecule has 1 aliphatic rings. The van der Waals surface area contributed by atoms with Crippen LogP contribution in [0.5, 0.6) is 0 Å². The van der Waals surface area contributed by atoms with Crippen molar-refractivity contribution in [3.63, 3.8) is 0 Å². The van der Waals surface area contributed by atoms with E-state index in [1.807, 2.05) is 0 Å². The molecule has 148 valence electrons. The second-order valence-corrected chi connectivity index (χ2v) is 7.79. The molecule has 2 heterocycles. The predicted octanol–water partition coefficient (Wildman–Crippen LogP) is 5.99. The molecule has 7 heteroatoms. The van der Waals surface area contributed by atoms with E-state index < -0.39 is 17.8 Å². The Morgan fingerprint density at radius 3 is 2.23 bits per heavy atom. The number of benzene rings is 3. The van der Waals surface area contributed by atoms with Crippen LogP contribution in [-0.4, -0.2) is 5.91 Å². The Kier molecular flexibility index (Phi) is 4.38. The highest BCUT2D eigenvalue weighted by atomic mass is 35.5. The van der Waals surface area contributed by atoms with Crippen molar-refractivity contribution in [1.29, 1.82) is 0 Å². The van der Waals surface area contributed by atoms with Crippen molar-refractivity contribution in [1.82, 2.24) is 0 Å². The molecular weight excluding hydrogens is 428 g/mol. The van der Waals surface area contributed by atoms with E-state index in [0.29, 0.717) is 21.3 Å². The number of hydrogen-bond acceptors (Lipinski definition) is 3. The summed E-state index contributed by atoms with van der Waals surface area (Å²) in [5, 5.41) is 1.19. The molecule has 1 unspecified atom stereocenters. The van der Waals surface area contributed by atoms with E-state index in [4.69, 9.17) is 27.6 Å². The summed E-state index contributed by atoms with van der Waals surface area (Å²) in [6.45, 7) is 0. The molecule has 0 saturated carbocycles. The molecule has 4 nitrogen and oxygen atoms in total. The standard InChI is InChI=1S/C23H12Cl2FNO3/c24-13-3-1-12(2-4-13)20-19-21(28)17-11-14(25)5-10-18(17)30-22(19)23(29)27(20)16-8-6-15(26)7-9-16/h1-11,20H. The Bertz CT molecular complexity index is 1360. The van der Waals surface area contributed by atoms with Crippen molar-refractivity contribution in [3.05, 3.63) is 110 Å². The van der Waals surface area contributed by atoms with E-state index in [1.54, 1.807) is 36.4 Å². The van der Waals surface area contributed by atoms with E-state index in [2.05, 4.69) is 0 Å². The van der Waals surface area contributed by atoms with Crippen molar-refractivity contribution in [3.8, 4) is 0 Å². The monoisotopic (exact) mass is 439 g/mol. The predicted molar refractivity (Wildman–Crippen MR) is 114 cm³/mol. The van der Waals surface area contributed by atoms with Gasteiger partial charge in [0.2, 0.25) is 5.76 Å². The van der Waals surface area contributed by atoms with E-state index in [1.165, 1.54) is 35.2 Å². The summed E-state index contributed by atoms with van der Waals surface area (Å²) in [5.41, 5.74) is 1.25. The lowest BCUT2D eigenvalue weighted by Crippen LogP contribution is -2.29. The summed E-state index contributed by atoms with van der Waals surface area (Å²) in [5.74, 6) is -0.954. The van der Waals surface area contributed by atoms with Gasteiger partial charge in [-0.1, -0.05) is 35.3 Å². The van der Waals surface area contributed by atoms with Gasteiger partial charge >= 0.3 is 0 Å². The third-order valence-corrected chi connectivity index (χ3v) is 5.61. The first-order chi connectivity index (χ1) is 14.4. The first kappa shape index (κ1) is 18.9. The number of carbonyl (C=O) groups is 1. The number of carbonyl (C=O) groups excluding carboxylic acids is 1. The normalized spacial score (nSPS) is 15.6. The van der Waals surface area contributed by atoms with Gasteiger partial charge in [-0.3, -0.25) is 14.5 Å². The Labute approximate surface area is 180 Å². The largest absolute Gasteiger partial charge is 0.450 e. The van der Waals surface area contributed by atoms with Crippen LogP contribution in [0, 0.1) is 5.82 Å². The van der Waals surface area contributed by atoms with Gasteiger partial charge in [-0.05, 0) is 60.2 Å². The quantitative estimate of drug-likeness (QED) is 0.385. The summed E-state index contributed by atoms with van der Waals surface area (Å²) in [7, 11) is 0. The Balaban J connectivity index is 1.81. The third-order valence-electron chi connectivity index (χ3n) is 5.12. The lowest BCUT2D eigenvalue weighted by molar-refractivity contribution is 0.0971. The minimum atomic E-state index is -0.755. The molecule has 1 aromatic heterocycles. The van der Waals surface area contributed by atoms with E-state index in [0.717, 1.165) is 0 Å². The van der Waals surface area contributed by atoms with E-state index in [9.17, 15) is 14.0 Å². The number of halogens is 3. The summed E-state index contributed by atoms with van der Waals surface area (Å²) >= 11 is 12.1. The van der Waals surface area contributed by atoms with Crippen LogP contribution in [0.2, 0.25) is 10.0 Å². The zero-order valence-electron chi connectivity index (χ0n) is 15.2. The number of hydrogen-bond donors (Lipinski definition) is 0. The van der Waals surface area contributed by atoms with Gasteiger partial charge in [0.15, 0.2) is 5.43 Å².